The van der Waals surface area contributed by atoms with Gasteiger partial charge in [0.1, 0.15) is 5.82 Å². The molecule has 1 N–H and O–H groups in total. The molecule has 16 heavy (non-hydrogen) atoms. The van der Waals surface area contributed by atoms with Crippen molar-refractivity contribution < 1.29 is 5.11 Å². The van der Waals surface area contributed by atoms with Gasteiger partial charge in [-0.2, -0.15) is 0 Å². The molecule has 1 aliphatic rings. The van der Waals surface area contributed by atoms with E-state index in [4.69, 9.17) is 16.7 Å². The third kappa shape index (κ3) is 2.45. The quantitative estimate of drug-likeness (QED) is 0.838. The first kappa shape index (κ1) is 11.6. The van der Waals surface area contributed by atoms with Gasteiger partial charge in [0.05, 0.1) is 11.6 Å². The van der Waals surface area contributed by atoms with Gasteiger partial charge in [0, 0.05) is 32.4 Å². The lowest BCUT2D eigenvalue weighted by Gasteiger charge is -2.33. The van der Waals surface area contributed by atoms with Crippen LogP contribution in [0, 0.1) is 0 Å². The maximum atomic E-state index is 8.98. The average Bonchev–Trinajstić information content (AvgIpc) is 2.30. The molecule has 2 heterocycles. The van der Waals surface area contributed by atoms with E-state index in [1.165, 1.54) is 0 Å². The number of aliphatic hydroxyl groups is 1. The minimum atomic E-state index is -0.0181. The van der Waals surface area contributed by atoms with E-state index in [-0.39, 0.29) is 6.61 Å². The molecule has 1 aromatic heterocycles. The van der Waals surface area contributed by atoms with E-state index >= 15 is 0 Å². The number of halogens is 1. The Morgan fingerprint density at radius 3 is 2.62 bits per heavy atom. The van der Waals surface area contributed by atoms with Crippen LogP contribution < -0.4 is 4.90 Å². The summed E-state index contributed by atoms with van der Waals surface area (Å²) < 4.78 is 0. The second kappa shape index (κ2) is 4.99. The van der Waals surface area contributed by atoms with Crippen molar-refractivity contribution >= 4 is 17.4 Å². The molecule has 1 fully saturated rings. The molecular weight excluding hydrogens is 226 g/mol. The predicted molar refractivity (Wildman–Crippen MR) is 64.9 cm³/mol. The third-order valence-corrected chi connectivity index (χ3v) is 3.14. The van der Waals surface area contributed by atoms with Crippen molar-refractivity contribution in [2.45, 2.75) is 6.61 Å². The van der Waals surface area contributed by atoms with Crippen LogP contribution in [0.5, 0.6) is 0 Å². The second-order valence-corrected chi connectivity index (χ2v) is 4.50. The molecule has 1 aromatic rings. The Kier molecular flexibility index (Phi) is 3.63. The predicted octanol–water partition coefficient (Wildman–Crippen LogP) is 0.979. The molecule has 5 heteroatoms. The Labute approximate surface area is 100 Å². The summed E-state index contributed by atoms with van der Waals surface area (Å²) in [6.07, 6.45) is 1.68. The first-order chi connectivity index (χ1) is 7.70. The Hall–Kier alpha value is -0.840. The van der Waals surface area contributed by atoms with Crippen molar-refractivity contribution in [2.24, 2.45) is 0 Å². The molecule has 1 aliphatic heterocycles. The molecule has 0 bridgehead atoms. The van der Waals surface area contributed by atoms with Gasteiger partial charge in [-0.3, -0.25) is 0 Å². The van der Waals surface area contributed by atoms with E-state index in [1.54, 1.807) is 12.3 Å². The minimum absolute atomic E-state index is 0.0181. The van der Waals surface area contributed by atoms with Crippen LogP contribution in [0.2, 0.25) is 5.02 Å². The number of likely N-dealkylation sites (N-methyl/N-ethyl adjacent to an activating group) is 1. The van der Waals surface area contributed by atoms with Gasteiger partial charge in [-0.1, -0.05) is 11.6 Å². The highest BCUT2D eigenvalue weighted by atomic mass is 35.5. The normalized spacial score (nSPS) is 17.8. The fourth-order valence-corrected chi connectivity index (χ4v) is 2.12. The summed E-state index contributed by atoms with van der Waals surface area (Å²) in [7, 11) is 2.11. The fraction of sp³-hybridized carbons (Fsp3) is 0.545. The molecule has 0 amide bonds. The van der Waals surface area contributed by atoms with Gasteiger partial charge in [-0.05, 0) is 18.7 Å². The van der Waals surface area contributed by atoms with Crippen molar-refractivity contribution in [2.75, 3.05) is 38.1 Å². The van der Waals surface area contributed by atoms with Crippen LogP contribution in [0.1, 0.15) is 5.56 Å². The Balaban J connectivity index is 2.14. The molecule has 4 nitrogen and oxygen atoms in total. The minimum Gasteiger partial charge on any atom is -0.392 e. The van der Waals surface area contributed by atoms with E-state index in [0.717, 1.165) is 37.6 Å². The Morgan fingerprint density at radius 2 is 2.06 bits per heavy atom. The Morgan fingerprint density at radius 1 is 1.38 bits per heavy atom. The summed E-state index contributed by atoms with van der Waals surface area (Å²) in [5.41, 5.74) is 0.753. The van der Waals surface area contributed by atoms with E-state index in [0.29, 0.717) is 5.02 Å². The fourth-order valence-electron chi connectivity index (χ4n) is 1.81. The summed E-state index contributed by atoms with van der Waals surface area (Å²) in [5, 5.41) is 9.60. The third-order valence-electron chi connectivity index (χ3n) is 2.86. The van der Waals surface area contributed by atoms with Crippen LogP contribution >= 0.6 is 11.6 Å². The van der Waals surface area contributed by atoms with E-state index in [9.17, 15) is 0 Å². The molecule has 0 spiro atoms. The van der Waals surface area contributed by atoms with Gasteiger partial charge in [0.2, 0.25) is 0 Å². The summed E-state index contributed by atoms with van der Waals surface area (Å²) in [4.78, 5) is 8.78. The zero-order chi connectivity index (χ0) is 11.5. The molecule has 0 unspecified atom stereocenters. The lowest BCUT2D eigenvalue weighted by atomic mass is 10.2. The molecular formula is C11H16ClN3O. The molecule has 2 rings (SSSR count). The number of anilines is 1. The number of hydrogen-bond acceptors (Lipinski definition) is 4. The number of nitrogens with zero attached hydrogens (tertiary/aromatic N) is 3. The second-order valence-electron chi connectivity index (χ2n) is 4.10. The highest BCUT2D eigenvalue weighted by Gasteiger charge is 2.17. The van der Waals surface area contributed by atoms with Crippen LogP contribution in [-0.4, -0.2) is 48.2 Å². The average molecular weight is 242 g/mol. The van der Waals surface area contributed by atoms with E-state index < -0.39 is 0 Å². The summed E-state index contributed by atoms with van der Waals surface area (Å²) in [5.74, 6) is 0.826. The van der Waals surface area contributed by atoms with Gasteiger partial charge in [-0.25, -0.2) is 4.98 Å². The topological polar surface area (TPSA) is 39.6 Å². The van der Waals surface area contributed by atoms with Gasteiger partial charge in [0.15, 0.2) is 0 Å². The summed E-state index contributed by atoms with van der Waals surface area (Å²) in [6.45, 7) is 3.93. The van der Waals surface area contributed by atoms with Crippen LogP contribution in [0.15, 0.2) is 12.3 Å². The number of rotatable bonds is 2. The summed E-state index contributed by atoms with van der Waals surface area (Å²) >= 11 is 6.15. The first-order valence-corrected chi connectivity index (χ1v) is 5.77. The van der Waals surface area contributed by atoms with Crippen molar-refractivity contribution in [3.8, 4) is 0 Å². The van der Waals surface area contributed by atoms with Gasteiger partial charge in [-0.15, -0.1) is 0 Å². The number of pyridine rings is 1. The van der Waals surface area contributed by atoms with Crippen molar-refractivity contribution in [1.82, 2.24) is 9.88 Å². The lowest BCUT2D eigenvalue weighted by molar-refractivity contribution is 0.281. The zero-order valence-corrected chi connectivity index (χ0v) is 10.1. The van der Waals surface area contributed by atoms with Crippen LogP contribution in [-0.2, 0) is 6.61 Å². The number of piperazine rings is 1. The van der Waals surface area contributed by atoms with Crippen LogP contribution in [0.25, 0.3) is 0 Å². The van der Waals surface area contributed by atoms with Gasteiger partial charge < -0.3 is 14.9 Å². The van der Waals surface area contributed by atoms with Crippen molar-refractivity contribution in [3.05, 3.63) is 22.8 Å². The number of hydrogen-bond donors (Lipinski definition) is 1. The summed E-state index contributed by atoms with van der Waals surface area (Å²) in [6, 6.07) is 1.78. The molecule has 88 valence electrons. The highest BCUT2D eigenvalue weighted by Crippen LogP contribution is 2.24. The van der Waals surface area contributed by atoms with E-state index in [1.807, 2.05) is 0 Å². The zero-order valence-electron chi connectivity index (χ0n) is 9.36. The van der Waals surface area contributed by atoms with Crippen LogP contribution in [0.4, 0.5) is 5.82 Å². The molecule has 0 aliphatic carbocycles. The molecule has 0 aromatic carbocycles. The maximum absolute atomic E-state index is 8.98. The Bertz CT molecular complexity index is 364. The maximum Gasteiger partial charge on any atom is 0.147 e. The number of aliphatic hydroxyl groups excluding tert-OH is 1. The van der Waals surface area contributed by atoms with Gasteiger partial charge >= 0.3 is 0 Å². The van der Waals surface area contributed by atoms with Crippen LogP contribution in [0.3, 0.4) is 0 Å². The lowest BCUT2D eigenvalue weighted by Crippen LogP contribution is -2.44. The largest absolute Gasteiger partial charge is 0.392 e. The van der Waals surface area contributed by atoms with Crippen molar-refractivity contribution in [1.29, 1.82) is 0 Å². The SMILES string of the molecule is CN1CCN(c2ncc(CO)cc2Cl)CC1. The molecule has 0 radical (unpaired) electrons. The number of aromatic nitrogens is 1. The van der Waals surface area contributed by atoms with E-state index in [2.05, 4.69) is 21.8 Å². The standard InChI is InChI=1S/C11H16ClN3O/c1-14-2-4-15(5-3-14)11-10(12)6-9(8-16)7-13-11/h6-7,16H,2-5,8H2,1H3. The van der Waals surface area contributed by atoms with Gasteiger partial charge in [0.25, 0.3) is 0 Å². The molecule has 1 saturated heterocycles. The monoisotopic (exact) mass is 241 g/mol. The highest BCUT2D eigenvalue weighted by molar-refractivity contribution is 6.33. The van der Waals surface area contributed by atoms with Crippen molar-refractivity contribution in [3.63, 3.8) is 0 Å². The first-order valence-electron chi connectivity index (χ1n) is 5.39. The molecule has 0 saturated carbocycles. The smallest absolute Gasteiger partial charge is 0.147 e. The molecule has 0 atom stereocenters.